The lowest BCUT2D eigenvalue weighted by Gasteiger charge is -2.01. The molecule has 0 atom stereocenters. The van der Waals surface area contributed by atoms with Crippen molar-refractivity contribution in [2.45, 2.75) is 6.92 Å². The molecule has 0 aromatic heterocycles. The zero-order valence-electron chi connectivity index (χ0n) is 14.9. The summed E-state index contributed by atoms with van der Waals surface area (Å²) in [5.74, 6) is -1.12. The minimum absolute atomic E-state index is 0.0241. The molecule has 6 heteroatoms. The van der Waals surface area contributed by atoms with Gasteiger partial charge in [-0.1, -0.05) is 53.5 Å². The Hall–Kier alpha value is -2.82. The van der Waals surface area contributed by atoms with Crippen molar-refractivity contribution >= 4 is 47.1 Å². The lowest BCUT2D eigenvalue weighted by atomic mass is 10.1. The molecule has 0 fully saturated rings. The van der Waals surface area contributed by atoms with Crippen molar-refractivity contribution in [3.05, 3.63) is 92.9 Å². The zero-order chi connectivity index (χ0) is 20.1. The average molecular weight is 415 g/mol. The van der Waals surface area contributed by atoms with E-state index in [0.717, 1.165) is 5.56 Å². The van der Waals surface area contributed by atoms with Crippen molar-refractivity contribution in [1.82, 2.24) is 0 Å². The molecule has 1 aliphatic heterocycles. The Morgan fingerprint density at radius 1 is 1.04 bits per heavy atom. The maximum absolute atomic E-state index is 12.7. The normalized spacial score (nSPS) is 15.4. The number of Topliss-reactive ketones (excluding diaryl/α,β-unsaturated/α-hetero) is 1. The highest BCUT2D eigenvalue weighted by Gasteiger charge is 2.35. The highest BCUT2D eigenvalue weighted by atomic mass is 35.5. The van der Waals surface area contributed by atoms with Gasteiger partial charge in [0.15, 0.2) is 11.3 Å². The quantitative estimate of drug-likeness (QED) is 0.370. The molecular weight excluding hydrogens is 399 g/mol. The third-order valence-corrected chi connectivity index (χ3v) is 4.29. The van der Waals surface area contributed by atoms with Gasteiger partial charge in [0, 0.05) is 10.0 Å². The van der Waals surface area contributed by atoms with Crippen LogP contribution in [0.15, 0.2) is 71.7 Å². The van der Waals surface area contributed by atoms with E-state index in [-0.39, 0.29) is 23.7 Å². The van der Waals surface area contributed by atoms with Gasteiger partial charge in [-0.2, -0.15) is 0 Å². The summed E-state index contributed by atoms with van der Waals surface area (Å²) >= 11 is 12.0. The Labute approximate surface area is 172 Å². The summed E-state index contributed by atoms with van der Waals surface area (Å²) < 4.78 is 10.7. The molecule has 142 valence electrons. The van der Waals surface area contributed by atoms with Crippen LogP contribution < -0.4 is 0 Å². The number of hydrogen-bond acceptors (Lipinski definition) is 4. The molecule has 0 saturated heterocycles. The highest BCUT2D eigenvalue weighted by Crippen LogP contribution is 2.29. The van der Waals surface area contributed by atoms with Gasteiger partial charge in [0.05, 0.1) is 6.61 Å². The Balaban J connectivity index is 1.95. The van der Waals surface area contributed by atoms with Crippen molar-refractivity contribution in [3.8, 4) is 0 Å². The van der Waals surface area contributed by atoms with Gasteiger partial charge in [-0.25, -0.2) is 4.79 Å². The van der Waals surface area contributed by atoms with E-state index in [1.807, 2.05) is 6.07 Å². The first-order valence-electron chi connectivity index (χ1n) is 8.53. The van der Waals surface area contributed by atoms with Gasteiger partial charge in [-0.3, -0.25) is 4.79 Å². The molecule has 0 spiro atoms. The summed E-state index contributed by atoms with van der Waals surface area (Å²) in [5, 5.41) is 1.10. The van der Waals surface area contributed by atoms with Crippen LogP contribution in [0.1, 0.15) is 18.1 Å². The Bertz CT molecular complexity index is 1020. The average Bonchev–Trinajstić information content (AvgIpc) is 2.96. The number of ketones is 1. The summed E-state index contributed by atoms with van der Waals surface area (Å²) in [7, 11) is 0. The Morgan fingerprint density at radius 2 is 1.68 bits per heavy atom. The predicted molar refractivity (Wildman–Crippen MR) is 110 cm³/mol. The van der Waals surface area contributed by atoms with E-state index in [1.54, 1.807) is 61.5 Å². The minimum atomic E-state index is -0.729. The van der Waals surface area contributed by atoms with Gasteiger partial charge in [0.2, 0.25) is 5.78 Å². The predicted octanol–water partition coefficient (Wildman–Crippen LogP) is 5.46. The second-order valence-corrected chi connectivity index (χ2v) is 6.72. The van der Waals surface area contributed by atoms with Crippen LogP contribution in [0.2, 0.25) is 10.0 Å². The first kappa shape index (κ1) is 19.9. The summed E-state index contributed by atoms with van der Waals surface area (Å²) in [6, 6.07) is 14.1. The second-order valence-electron chi connectivity index (χ2n) is 5.84. The third-order valence-electron chi connectivity index (χ3n) is 3.82. The third kappa shape index (κ3) is 4.71. The van der Waals surface area contributed by atoms with Crippen LogP contribution in [0.3, 0.4) is 0 Å². The van der Waals surface area contributed by atoms with Gasteiger partial charge >= 0.3 is 5.97 Å². The van der Waals surface area contributed by atoms with E-state index < -0.39 is 11.8 Å². The summed E-state index contributed by atoms with van der Waals surface area (Å²) in [6.07, 6.45) is 4.79. The Morgan fingerprint density at radius 3 is 2.32 bits per heavy atom. The van der Waals surface area contributed by atoms with E-state index >= 15 is 0 Å². The number of hydrogen-bond donors (Lipinski definition) is 0. The van der Waals surface area contributed by atoms with Gasteiger partial charge in [0.1, 0.15) is 5.76 Å². The van der Waals surface area contributed by atoms with Crippen molar-refractivity contribution in [2.24, 2.45) is 0 Å². The number of rotatable bonds is 5. The van der Waals surface area contributed by atoms with Crippen LogP contribution in [0, 0.1) is 0 Å². The largest absolute Gasteiger partial charge is 0.462 e. The topological polar surface area (TPSA) is 52.6 Å². The van der Waals surface area contributed by atoms with E-state index in [1.165, 1.54) is 6.08 Å². The number of allylic oxidation sites excluding steroid dienone is 2. The monoisotopic (exact) mass is 414 g/mol. The smallest absolute Gasteiger partial charge is 0.346 e. The number of ether oxygens (including phenoxy) is 2. The maximum Gasteiger partial charge on any atom is 0.346 e. The Kier molecular flexibility index (Phi) is 6.34. The van der Waals surface area contributed by atoms with E-state index in [4.69, 9.17) is 32.7 Å². The molecule has 0 N–H and O–H groups in total. The van der Waals surface area contributed by atoms with E-state index in [2.05, 4.69) is 0 Å². The molecule has 0 bridgehead atoms. The van der Waals surface area contributed by atoms with E-state index in [0.29, 0.717) is 15.6 Å². The van der Waals surface area contributed by atoms with Gasteiger partial charge in [0.25, 0.3) is 0 Å². The number of benzene rings is 2. The highest BCUT2D eigenvalue weighted by molar-refractivity contribution is 6.31. The van der Waals surface area contributed by atoms with Gasteiger partial charge in [-0.15, -0.1) is 0 Å². The van der Waals surface area contributed by atoms with Crippen molar-refractivity contribution in [2.75, 3.05) is 6.61 Å². The molecule has 2 aromatic rings. The van der Waals surface area contributed by atoms with Crippen LogP contribution in [-0.2, 0) is 19.1 Å². The molecule has 0 aliphatic carbocycles. The first-order chi connectivity index (χ1) is 13.5. The fourth-order valence-electron chi connectivity index (χ4n) is 2.59. The van der Waals surface area contributed by atoms with Gasteiger partial charge < -0.3 is 9.47 Å². The molecule has 3 rings (SSSR count). The summed E-state index contributed by atoms with van der Waals surface area (Å²) in [5.41, 5.74) is 1.33. The first-order valence-corrected chi connectivity index (χ1v) is 9.28. The molecule has 4 nitrogen and oxygen atoms in total. The number of carbonyl (C=O) groups excluding carboxylic acids is 2. The fourth-order valence-corrected chi connectivity index (χ4v) is 2.99. The number of carbonyl (C=O) groups is 2. The van der Waals surface area contributed by atoms with Crippen LogP contribution in [-0.4, -0.2) is 18.4 Å². The summed E-state index contributed by atoms with van der Waals surface area (Å²) in [6.45, 7) is 1.82. The minimum Gasteiger partial charge on any atom is -0.462 e. The van der Waals surface area contributed by atoms with Crippen molar-refractivity contribution < 1.29 is 19.1 Å². The van der Waals surface area contributed by atoms with Crippen LogP contribution in [0.5, 0.6) is 0 Å². The molecule has 0 radical (unpaired) electrons. The van der Waals surface area contributed by atoms with Crippen LogP contribution >= 0.6 is 23.2 Å². The van der Waals surface area contributed by atoms with Gasteiger partial charge in [-0.05, 0) is 54.5 Å². The lowest BCUT2D eigenvalue weighted by molar-refractivity contribution is -0.139. The SMILES string of the molecule is CCOC(=O)C1=C(/C=C\c2cccc(Cl)c2)O/C(=C/c2cccc(Cl)c2)C1=O. The molecule has 1 heterocycles. The van der Waals surface area contributed by atoms with Crippen molar-refractivity contribution in [3.63, 3.8) is 0 Å². The molecule has 2 aromatic carbocycles. The molecule has 0 saturated carbocycles. The van der Waals surface area contributed by atoms with Crippen LogP contribution in [0.25, 0.3) is 12.2 Å². The van der Waals surface area contributed by atoms with Crippen LogP contribution in [0.4, 0.5) is 0 Å². The lowest BCUT2D eigenvalue weighted by Crippen LogP contribution is -2.14. The fraction of sp³-hybridized carbons (Fsp3) is 0.0909. The van der Waals surface area contributed by atoms with Crippen molar-refractivity contribution in [1.29, 1.82) is 0 Å². The number of halogens is 2. The molecule has 1 aliphatic rings. The zero-order valence-corrected chi connectivity index (χ0v) is 16.5. The molecule has 0 amide bonds. The number of esters is 1. The summed E-state index contributed by atoms with van der Waals surface area (Å²) in [4.78, 5) is 25.0. The maximum atomic E-state index is 12.7. The molecule has 28 heavy (non-hydrogen) atoms. The molecular formula is C22H16Cl2O4. The second kappa shape index (κ2) is 8.91. The molecule has 0 unspecified atom stereocenters. The van der Waals surface area contributed by atoms with E-state index in [9.17, 15) is 9.59 Å². The standard InChI is InChI=1S/C22H16Cl2O4/c1-2-27-22(26)20-18(10-9-14-5-3-7-16(23)11-14)28-19(21(20)25)13-15-6-4-8-17(24)12-15/h3-13H,2H2,1H3/b10-9-,19-13+.